The number of para-hydroxylation sites is 1. The molecule has 25 heavy (non-hydrogen) atoms. The van der Waals surface area contributed by atoms with E-state index in [4.69, 9.17) is 0 Å². The van der Waals surface area contributed by atoms with Gasteiger partial charge in [0.15, 0.2) is 0 Å². The predicted molar refractivity (Wildman–Crippen MR) is 103 cm³/mol. The van der Waals surface area contributed by atoms with E-state index in [1.165, 1.54) is 18.4 Å². The van der Waals surface area contributed by atoms with Crippen LogP contribution in [0.2, 0.25) is 0 Å². The number of nitrogens with one attached hydrogen (secondary N) is 2. The Bertz CT molecular complexity index is 654. The van der Waals surface area contributed by atoms with Crippen molar-refractivity contribution >= 4 is 17.5 Å². The van der Waals surface area contributed by atoms with Crippen molar-refractivity contribution in [2.24, 2.45) is 5.41 Å². The lowest BCUT2D eigenvalue weighted by atomic mass is 9.90. The molecule has 2 rings (SSSR count). The van der Waals surface area contributed by atoms with Crippen LogP contribution in [-0.4, -0.2) is 18.4 Å². The summed E-state index contributed by atoms with van der Waals surface area (Å²) in [6.07, 6.45) is 7.94. The van der Waals surface area contributed by atoms with Gasteiger partial charge in [0.05, 0.1) is 0 Å². The van der Waals surface area contributed by atoms with Gasteiger partial charge in [-0.2, -0.15) is 0 Å². The zero-order chi connectivity index (χ0) is 18.4. The lowest BCUT2D eigenvalue weighted by Gasteiger charge is -2.24. The first-order valence-electron chi connectivity index (χ1n) is 9.16. The van der Waals surface area contributed by atoms with Gasteiger partial charge in [0.25, 0.3) is 0 Å². The Kier molecular flexibility index (Phi) is 6.40. The molecule has 136 valence electrons. The molecular weight excluding hydrogens is 312 g/mol. The van der Waals surface area contributed by atoms with Crippen LogP contribution in [0.1, 0.15) is 57.1 Å². The van der Waals surface area contributed by atoms with E-state index in [9.17, 15) is 9.59 Å². The van der Waals surface area contributed by atoms with Crippen LogP contribution in [0, 0.1) is 19.3 Å². The van der Waals surface area contributed by atoms with Crippen molar-refractivity contribution in [3.05, 3.63) is 41.0 Å². The highest BCUT2D eigenvalue weighted by atomic mass is 16.2. The minimum absolute atomic E-state index is 0.229. The second-order valence-corrected chi connectivity index (χ2v) is 7.46. The Balaban J connectivity index is 1.93. The molecule has 2 amide bonds. The minimum Gasteiger partial charge on any atom is -0.355 e. The first-order chi connectivity index (χ1) is 11.8. The van der Waals surface area contributed by atoms with Crippen molar-refractivity contribution in [2.75, 3.05) is 11.9 Å². The summed E-state index contributed by atoms with van der Waals surface area (Å²) in [5.74, 6) is -0.507. The van der Waals surface area contributed by atoms with E-state index in [2.05, 4.69) is 16.7 Å². The first-order valence-corrected chi connectivity index (χ1v) is 9.16. The lowest BCUT2D eigenvalue weighted by Crippen LogP contribution is -2.45. The number of aryl methyl sites for hydroxylation is 2. The molecule has 0 heterocycles. The SMILES string of the molecule is Cc1cccc(C)c1NC(=O)C(C)(C)C(=O)NCCC1=CCCCC1. The maximum atomic E-state index is 12.7. The van der Waals surface area contributed by atoms with Crippen LogP contribution >= 0.6 is 0 Å². The number of anilines is 1. The predicted octanol–water partition coefficient (Wildman–Crippen LogP) is 4.27. The number of allylic oxidation sites excluding steroid dienone is 1. The van der Waals surface area contributed by atoms with Crippen LogP contribution < -0.4 is 10.6 Å². The first kappa shape index (κ1) is 19.2. The van der Waals surface area contributed by atoms with Gasteiger partial charge in [-0.1, -0.05) is 29.8 Å². The molecule has 0 aromatic heterocycles. The zero-order valence-electron chi connectivity index (χ0n) is 15.9. The van der Waals surface area contributed by atoms with Gasteiger partial charge >= 0.3 is 0 Å². The second kappa shape index (κ2) is 8.32. The lowest BCUT2D eigenvalue weighted by molar-refractivity contribution is -0.138. The highest BCUT2D eigenvalue weighted by Gasteiger charge is 2.36. The fourth-order valence-electron chi connectivity index (χ4n) is 3.07. The number of hydrogen-bond donors (Lipinski definition) is 2. The van der Waals surface area contributed by atoms with Gasteiger partial charge < -0.3 is 10.6 Å². The van der Waals surface area contributed by atoms with Crippen LogP contribution in [0.15, 0.2) is 29.8 Å². The van der Waals surface area contributed by atoms with Crippen molar-refractivity contribution in [2.45, 2.75) is 59.8 Å². The van der Waals surface area contributed by atoms with Crippen molar-refractivity contribution in [3.8, 4) is 0 Å². The molecule has 0 saturated carbocycles. The van der Waals surface area contributed by atoms with Crippen LogP contribution in [0.5, 0.6) is 0 Å². The van der Waals surface area contributed by atoms with E-state index in [1.807, 2.05) is 32.0 Å². The third-order valence-corrected chi connectivity index (χ3v) is 4.97. The van der Waals surface area contributed by atoms with Gasteiger partial charge in [-0.25, -0.2) is 0 Å². The number of carbonyl (C=O) groups is 2. The average Bonchev–Trinajstić information content (AvgIpc) is 2.58. The maximum absolute atomic E-state index is 12.7. The van der Waals surface area contributed by atoms with E-state index < -0.39 is 5.41 Å². The molecular formula is C21H30N2O2. The minimum atomic E-state index is -1.12. The summed E-state index contributed by atoms with van der Waals surface area (Å²) in [6.45, 7) is 7.84. The third kappa shape index (κ3) is 4.94. The number of amides is 2. The number of hydrogen-bond acceptors (Lipinski definition) is 2. The summed E-state index contributed by atoms with van der Waals surface area (Å²) >= 11 is 0. The molecule has 1 aromatic carbocycles. The molecule has 0 aliphatic heterocycles. The standard InChI is InChI=1S/C21H30N2O2/c1-15-9-8-10-16(2)18(15)23-20(25)21(3,4)19(24)22-14-13-17-11-6-5-7-12-17/h8-11H,5-7,12-14H2,1-4H3,(H,22,24)(H,23,25). The summed E-state index contributed by atoms with van der Waals surface area (Å²) in [7, 11) is 0. The maximum Gasteiger partial charge on any atom is 0.239 e. The molecule has 1 aliphatic carbocycles. The highest BCUT2D eigenvalue weighted by Crippen LogP contribution is 2.24. The monoisotopic (exact) mass is 342 g/mol. The number of carbonyl (C=O) groups excluding carboxylic acids is 2. The smallest absolute Gasteiger partial charge is 0.239 e. The van der Waals surface area contributed by atoms with Crippen molar-refractivity contribution in [1.82, 2.24) is 5.32 Å². The van der Waals surface area contributed by atoms with Crippen molar-refractivity contribution in [3.63, 3.8) is 0 Å². The molecule has 2 N–H and O–H groups in total. The molecule has 0 saturated heterocycles. The Morgan fingerprint density at radius 3 is 2.36 bits per heavy atom. The molecule has 4 heteroatoms. The van der Waals surface area contributed by atoms with E-state index in [1.54, 1.807) is 13.8 Å². The van der Waals surface area contributed by atoms with Crippen molar-refractivity contribution < 1.29 is 9.59 Å². The molecule has 0 bridgehead atoms. The summed E-state index contributed by atoms with van der Waals surface area (Å²) in [5, 5.41) is 5.85. The van der Waals surface area contributed by atoms with Gasteiger partial charge in [-0.05, 0) is 70.9 Å². The molecule has 1 aromatic rings. The second-order valence-electron chi connectivity index (χ2n) is 7.46. The Morgan fingerprint density at radius 2 is 1.76 bits per heavy atom. The molecule has 0 radical (unpaired) electrons. The summed E-state index contributed by atoms with van der Waals surface area (Å²) in [6, 6.07) is 5.86. The van der Waals surface area contributed by atoms with Crippen molar-refractivity contribution in [1.29, 1.82) is 0 Å². The van der Waals surface area contributed by atoms with E-state index in [-0.39, 0.29) is 11.8 Å². The van der Waals surface area contributed by atoms with E-state index in [0.717, 1.165) is 36.1 Å². The fourth-order valence-corrected chi connectivity index (χ4v) is 3.07. The number of benzene rings is 1. The van der Waals surface area contributed by atoms with Gasteiger partial charge in [0, 0.05) is 12.2 Å². The normalized spacial score (nSPS) is 14.6. The molecule has 0 spiro atoms. The van der Waals surface area contributed by atoms with Crippen LogP contribution in [0.4, 0.5) is 5.69 Å². The summed E-state index contributed by atoms with van der Waals surface area (Å²) in [4.78, 5) is 25.2. The summed E-state index contributed by atoms with van der Waals surface area (Å²) in [5.41, 5.74) is 3.09. The van der Waals surface area contributed by atoms with Gasteiger partial charge in [-0.15, -0.1) is 0 Å². The fraction of sp³-hybridized carbons (Fsp3) is 0.524. The summed E-state index contributed by atoms with van der Waals surface area (Å²) < 4.78 is 0. The highest BCUT2D eigenvalue weighted by molar-refractivity contribution is 6.10. The molecule has 4 nitrogen and oxygen atoms in total. The average molecular weight is 342 g/mol. The van der Waals surface area contributed by atoms with Gasteiger partial charge in [0.2, 0.25) is 11.8 Å². The Hall–Kier alpha value is -2.10. The van der Waals surface area contributed by atoms with Crippen LogP contribution in [0.25, 0.3) is 0 Å². The Morgan fingerprint density at radius 1 is 1.08 bits per heavy atom. The number of rotatable bonds is 6. The zero-order valence-corrected chi connectivity index (χ0v) is 15.9. The van der Waals surface area contributed by atoms with Crippen LogP contribution in [-0.2, 0) is 9.59 Å². The quantitative estimate of drug-likeness (QED) is 0.599. The molecule has 0 unspecified atom stereocenters. The molecule has 0 atom stereocenters. The largest absolute Gasteiger partial charge is 0.355 e. The van der Waals surface area contributed by atoms with E-state index in [0.29, 0.717) is 6.54 Å². The Labute approximate surface area is 151 Å². The molecule has 1 aliphatic rings. The van der Waals surface area contributed by atoms with Gasteiger partial charge in [0.1, 0.15) is 5.41 Å². The van der Waals surface area contributed by atoms with Crippen LogP contribution in [0.3, 0.4) is 0 Å². The van der Waals surface area contributed by atoms with E-state index >= 15 is 0 Å². The van der Waals surface area contributed by atoms with Gasteiger partial charge in [-0.3, -0.25) is 9.59 Å². The topological polar surface area (TPSA) is 58.2 Å². The molecule has 0 fully saturated rings. The third-order valence-electron chi connectivity index (χ3n) is 4.97.